The van der Waals surface area contributed by atoms with E-state index in [1.807, 2.05) is 0 Å². The monoisotopic (exact) mass is 530 g/mol. The van der Waals surface area contributed by atoms with Gasteiger partial charge >= 0.3 is 5.97 Å². The molecule has 3 aliphatic carbocycles. The maximum absolute atomic E-state index is 13.0. The lowest BCUT2D eigenvalue weighted by atomic mass is 9.38. The molecule has 4 fully saturated rings. The highest BCUT2D eigenvalue weighted by Gasteiger charge is 2.78. The summed E-state index contributed by atoms with van der Waals surface area (Å²) in [5.41, 5.74) is -4.17. The smallest absolute Gasteiger partial charge is 0.310 e. The SMILES string of the molecule is C[C@H]1[C@@H](O)[C@H](O)[C@H]2[C@@]3(C)[C@H](OC(=O)[C@@H]13)[C@H](O)[C@@H]1[C@]2(C)[C@H](O[C@@H]2O[C@H](CO)[C@@H](O)[C@H](O)[C@H]2O)C=C[C@@]1(C)O. The molecule has 2 saturated heterocycles. The minimum absolute atomic E-state index is 0.601. The van der Waals surface area contributed by atoms with Crippen molar-refractivity contribution in [2.24, 2.45) is 34.5 Å². The molecule has 0 aromatic carbocycles. The van der Waals surface area contributed by atoms with Gasteiger partial charge in [0, 0.05) is 22.7 Å². The summed E-state index contributed by atoms with van der Waals surface area (Å²) in [7, 11) is 0. The van der Waals surface area contributed by atoms with Crippen molar-refractivity contribution in [3.8, 4) is 0 Å². The van der Waals surface area contributed by atoms with Gasteiger partial charge < -0.3 is 55.1 Å². The third-order valence-corrected chi connectivity index (χ3v) is 10.2. The molecule has 0 bridgehead atoms. The highest BCUT2D eigenvalue weighted by molar-refractivity contribution is 5.77. The lowest BCUT2D eigenvalue weighted by Crippen LogP contribution is -2.76. The molecule has 2 saturated carbocycles. The third-order valence-electron chi connectivity index (χ3n) is 10.2. The molecular formula is C25H38O12. The molecule has 5 rings (SSSR count). The first kappa shape index (κ1) is 27.4. The van der Waals surface area contributed by atoms with Gasteiger partial charge in [-0.1, -0.05) is 32.9 Å². The average molecular weight is 531 g/mol. The van der Waals surface area contributed by atoms with Gasteiger partial charge in [0.05, 0.1) is 42.5 Å². The highest BCUT2D eigenvalue weighted by atomic mass is 16.7. The zero-order valence-corrected chi connectivity index (χ0v) is 21.2. The average Bonchev–Trinajstić information content (AvgIpc) is 3.09. The fourth-order valence-electron chi connectivity index (χ4n) is 8.63. The number of fused-ring (bicyclic) bond motifs is 2. The van der Waals surface area contributed by atoms with Crippen LogP contribution >= 0.6 is 0 Å². The van der Waals surface area contributed by atoms with Crippen LogP contribution in [0.1, 0.15) is 27.7 Å². The molecule has 0 aromatic heterocycles. The topological polar surface area (TPSA) is 207 Å². The molecule has 2 aliphatic heterocycles. The van der Waals surface area contributed by atoms with Crippen molar-refractivity contribution in [1.82, 2.24) is 0 Å². The predicted octanol–water partition coefficient (Wildman–Crippen LogP) is -2.98. The number of hydrogen-bond donors (Lipinski definition) is 8. The summed E-state index contributed by atoms with van der Waals surface area (Å²) in [6, 6.07) is 0. The molecule has 0 spiro atoms. The van der Waals surface area contributed by atoms with Gasteiger partial charge in [0.25, 0.3) is 0 Å². The summed E-state index contributed by atoms with van der Waals surface area (Å²) >= 11 is 0. The minimum atomic E-state index is -1.71. The number of carbonyl (C=O) groups excluding carboxylic acids is 1. The first-order chi connectivity index (χ1) is 17.1. The summed E-state index contributed by atoms with van der Waals surface area (Å²) < 4.78 is 17.4. The Hall–Kier alpha value is -1.19. The highest BCUT2D eigenvalue weighted by Crippen LogP contribution is 2.69. The van der Waals surface area contributed by atoms with Crippen molar-refractivity contribution < 1.29 is 59.9 Å². The Morgan fingerprint density at radius 3 is 2.16 bits per heavy atom. The Kier molecular flexibility index (Phi) is 6.40. The molecule has 8 N–H and O–H groups in total. The standard InChI is InChI=1S/C25H38O12/c1-8-11-21(33)37-20-17(32)18-23(2,34)6-5-10(24(18,3)19(25(11,20)4)15(30)12(8)27)36-22-16(31)14(29)13(28)9(7-26)35-22/h5-6,8-20,22,26-32,34H,7H2,1-4H3/t8-,9-,10-,11-,12-,13-,14+,15+,16-,17-,18+,19-,20-,22+,23-,24+,25+/m1/s1. The fraction of sp³-hybridized carbons (Fsp3) is 0.880. The van der Waals surface area contributed by atoms with Gasteiger partial charge in [-0.3, -0.25) is 4.79 Å². The van der Waals surface area contributed by atoms with Crippen LogP contribution in [0.4, 0.5) is 0 Å². The predicted molar refractivity (Wildman–Crippen MR) is 122 cm³/mol. The van der Waals surface area contributed by atoms with Crippen LogP contribution in [0.25, 0.3) is 0 Å². The number of rotatable bonds is 3. The van der Waals surface area contributed by atoms with E-state index in [0.717, 1.165) is 0 Å². The van der Waals surface area contributed by atoms with Crippen LogP contribution in [0, 0.1) is 34.5 Å². The van der Waals surface area contributed by atoms with E-state index >= 15 is 0 Å². The van der Waals surface area contributed by atoms with Gasteiger partial charge in [-0.25, -0.2) is 0 Å². The quantitative estimate of drug-likeness (QED) is 0.136. The van der Waals surface area contributed by atoms with Gasteiger partial charge in [-0.05, 0) is 12.8 Å². The molecule has 5 aliphatic rings. The molecular weight excluding hydrogens is 492 g/mol. The van der Waals surface area contributed by atoms with E-state index in [9.17, 15) is 45.6 Å². The third kappa shape index (κ3) is 3.41. The molecule has 0 aromatic rings. The lowest BCUT2D eigenvalue weighted by molar-refractivity contribution is -0.343. The largest absolute Gasteiger partial charge is 0.459 e. The molecule has 2 heterocycles. The van der Waals surface area contributed by atoms with E-state index in [0.29, 0.717) is 0 Å². The van der Waals surface area contributed by atoms with Crippen molar-refractivity contribution in [3.05, 3.63) is 12.2 Å². The summed E-state index contributed by atoms with van der Waals surface area (Å²) in [6.07, 6.45) is -11.1. The van der Waals surface area contributed by atoms with E-state index in [1.165, 1.54) is 19.1 Å². The number of aliphatic hydroxyl groups excluding tert-OH is 7. The van der Waals surface area contributed by atoms with Gasteiger partial charge in [0.2, 0.25) is 0 Å². The van der Waals surface area contributed by atoms with Crippen LogP contribution in [0.15, 0.2) is 12.2 Å². The number of carbonyl (C=O) groups is 1. The van der Waals surface area contributed by atoms with E-state index < -0.39 is 114 Å². The summed E-state index contributed by atoms with van der Waals surface area (Å²) in [6.45, 7) is 5.86. The minimum Gasteiger partial charge on any atom is -0.459 e. The molecule has 12 heteroatoms. The normalized spacial score (nSPS) is 61.0. The molecule has 17 atom stereocenters. The van der Waals surface area contributed by atoms with Gasteiger partial charge in [-0.15, -0.1) is 0 Å². The van der Waals surface area contributed by atoms with E-state index in [-0.39, 0.29) is 0 Å². The molecule has 12 nitrogen and oxygen atoms in total. The summed E-state index contributed by atoms with van der Waals surface area (Å²) in [5.74, 6) is -4.13. The molecule has 210 valence electrons. The first-order valence-corrected chi connectivity index (χ1v) is 12.8. The molecule has 37 heavy (non-hydrogen) atoms. The number of aliphatic hydroxyl groups is 8. The number of ether oxygens (including phenoxy) is 3. The Morgan fingerprint density at radius 1 is 0.892 bits per heavy atom. The Balaban J connectivity index is 1.62. The van der Waals surface area contributed by atoms with Crippen LogP contribution in [-0.4, -0.2) is 120 Å². The Labute approximate surface area is 214 Å². The van der Waals surface area contributed by atoms with Crippen molar-refractivity contribution in [2.75, 3.05) is 6.61 Å². The van der Waals surface area contributed by atoms with Gasteiger partial charge in [0.1, 0.15) is 30.5 Å². The lowest BCUT2D eigenvalue weighted by Gasteiger charge is -2.67. The second kappa shape index (κ2) is 8.65. The first-order valence-electron chi connectivity index (χ1n) is 12.8. The van der Waals surface area contributed by atoms with Crippen molar-refractivity contribution in [2.45, 2.75) is 94.5 Å². The van der Waals surface area contributed by atoms with Crippen LogP contribution in [0.2, 0.25) is 0 Å². The fourth-order valence-corrected chi connectivity index (χ4v) is 8.63. The van der Waals surface area contributed by atoms with Crippen LogP contribution in [-0.2, 0) is 19.0 Å². The van der Waals surface area contributed by atoms with Crippen molar-refractivity contribution >= 4 is 5.97 Å². The van der Waals surface area contributed by atoms with Crippen molar-refractivity contribution in [3.63, 3.8) is 0 Å². The molecule has 0 radical (unpaired) electrons. The van der Waals surface area contributed by atoms with E-state index in [1.54, 1.807) is 20.8 Å². The van der Waals surface area contributed by atoms with Crippen LogP contribution in [0.3, 0.4) is 0 Å². The maximum Gasteiger partial charge on any atom is 0.310 e. The molecule has 0 unspecified atom stereocenters. The summed E-state index contributed by atoms with van der Waals surface area (Å²) in [4.78, 5) is 13.0. The number of esters is 1. The van der Waals surface area contributed by atoms with Gasteiger partial charge in [0.15, 0.2) is 6.29 Å². The van der Waals surface area contributed by atoms with Crippen molar-refractivity contribution in [1.29, 1.82) is 0 Å². The number of hydrogen-bond acceptors (Lipinski definition) is 12. The molecule has 0 amide bonds. The zero-order chi connectivity index (χ0) is 27.4. The van der Waals surface area contributed by atoms with Gasteiger partial charge in [-0.2, -0.15) is 0 Å². The second-order valence-corrected chi connectivity index (χ2v) is 12.2. The van der Waals surface area contributed by atoms with Crippen LogP contribution in [0.5, 0.6) is 0 Å². The zero-order valence-electron chi connectivity index (χ0n) is 21.2. The van der Waals surface area contributed by atoms with Crippen LogP contribution < -0.4 is 0 Å². The second-order valence-electron chi connectivity index (χ2n) is 12.2. The summed E-state index contributed by atoms with van der Waals surface area (Å²) in [5, 5.41) is 86.2. The Morgan fingerprint density at radius 2 is 1.54 bits per heavy atom. The maximum atomic E-state index is 13.0. The van der Waals surface area contributed by atoms with E-state index in [4.69, 9.17) is 14.2 Å². The Bertz CT molecular complexity index is 954. The van der Waals surface area contributed by atoms with E-state index in [2.05, 4.69) is 0 Å².